The zero-order chi connectivity index (χ0) is 14.4. The van der Waals surface area contributed by atoms with E-state index in [0.717, 1.165) is 5.75 Å². The Morgan fingerprint density at radius 3 is 2.55 bits per heavy atom. The van der Waals surface area contributed by atoms with E-state index in [4.69, 9.17) is 10.5 Å². The van der Waals surface area contributed by atoms with E-state index in [0.29, 0.717) is 23.7 Å². The van der Waals surface area contributed by atoms with Crippen LogP contribution in [0.15, 0.2) is 48.5 Å². The Balaban J connectivity index is 2.08. The molecule has 5 nitrogen and oxygen atoms in total. The fraction of sp³-hybridized carbons (Fsp3) is 0.133. The third-order valence-corrected chi connectivity index (χ3v) is 2.59. The molecule has 0 aliphatic rings. The smallest absolute Gasteiger partial charge is 0.319 e. The molecule has 0 heterocycles. The second kappa shape index (κ2) is 6.47. The van der Waals surface area contributed by atoms with Gasteiger partial charge in [0.05, 0.1) is 11.4 Å². The first-order valence-corrected chi connectivity index (χ1v) is 6.36. The Kier molecular flexibility index (Phi) is 4.44. The molecule has 0 bridgehead atoms. The van der Waals surface area contributed by atoms with Gasteiger partial charge in [0.1, 0.15) is 11.5 Å². The van der Waals surface area contributed by atoms with E-state index in [1.165, 1.54) is 0 Å². The fourth-order valence-electron chi connectivity index (χ4n) is 1.67. The summed E-state index contributed by atoms with van der Waals surface area (Å²) in [6.45, 7) is 2.40. The van der Waals surface area contributed by atoms with Crippen LogP contribution in [0.4, 0.5) is 16.2 Å². The quantitative estimate of drug-likeness (QED) is 0.747. The fourth-order valence-corrected chi connectivity index (χ4v) is 1.67. The standard InChI is InChI=1S/C15H17N3O2/c1-2-17-15(19)18-14-9-8-12(10-13(14)16)20-11-6-4-3-5-7-11/h3-10H,2,16H2,1H3,(H2,17,18,19). The molecule has 0 radical (unpaired) electrons. The molecule has 2 rings (SSSR count). The van der Waals surface area contributed by atoms with Crippen molar-refractivity contribution in [1.29, 1.82) is 0 Å². The van der Waals surface area contributed by atoms with Crippen LogP contribution in [0, 0.1) is 0 Å². The zero-order valence-corrected chi connectivity index (χ0v) is 11.2. The van der Waals surface area contributed by atoms with E-state index in [2.05, 4.69) is 10.6 Å². The molecule has 2 amide bonds. The van der Waals surface area contributed by atoms with Gasteiger partial charge in [-0.1, -0.05) is 18.2 Å². The van der Waals surface area contributed by atoms with E-state index in [9.17, 15) is 4.79 Å². The maximum atomic E-state index is 11.4. The number of nitrogens with one attached hydrogen (secondary N) is 2. The van der Waals surface area contributed by atoms with Crippen molar-refractivity contribution in [1.82, 2.24) is 5.32 Å². The van der Waals surface area contributed by atoms with Crippen molar-refractivity contribution in [3.8, 4) is 11.5 Å². The maximum absolute atomic E-state index is 11.4. The molecule has 0 saturated carbocycles. The van der Waals surface area contributed by atoms with Crippen molar-refractivity contribution in [3.63, 3.8) is 0 Å². The summed E-state index contributed by atoms with van der Waals surface area (Å²) in [5.41, 5.74) is 6.90. The van der Waals surface area contributed by atoms with Gasteiger partial charge < -0.3 is 21.1 Å². The van der Waals surface area contributed by atoms with Gasteiger partial charge in [-0.05, 0) is 31.2 Å². The highest BCUT2D eigenvalue weighted by molar-refractivity contribution is 5.92. The molecule has 0 aromatic heterocycles. The van der Waals surface area contributed by atoms with Crippen LogP contribution in [0.5, 0.6) is 11.5 Å². The SMILES string of the molecule is CCNC(=O)Nc1ccc(Oc2ccccc2)cc1N. The zero-order valence-electron chi connectivity index (χ0n) is 11.2. The largest absolute Gasteiger partial charge is 0.457 e. The van der Waals surface area contributed by atoms with E-state index >= 15 is 0 Å². The molecule has 0 spiro atoms. The topological polar surface area (TPSA) is 76.4 Å². The highest BCUT2D eigenvalue weighted by atomic mass is 16.5. The Morgan fingerprint density at radius 1 is 1.15 bits per heavy atom. The van der Waals surface area contributed by atoms with Crippen molar-refractivity contribution >= 4 is 17.4 Å². The molecule has 5 heteroatoms. The molecule has 0 fully saturated rings. The number of anilines is 2. The van der Waals surface area contributed by atoms with Gasteiger partial charge >= 0.3 is 6.03 Å². The van der Waals surface area contributed by atoms with Crippen LogP contribution < -0.4 is 21.1 Å². The lowest BCUT2D eigenvalue weighted by atomic mass is 10.2. The molecule has 0 saturated heterocycles. The van der Waals surface area contributed by atoms with E-state index in [1.807, 2.05) is 37.3 Å². The minimum atomic E-state index is -0.282. The van der Waals surface area contributed by atoms with Gasteiger partial charge in [0, 0.05) is 12.6 Å². The second-order valence-corrected chi connectivity index (χ2v) is 4.15. The molecule has 2 aromatic rings. The predicted octanol–water partition coefficient (Wildman–Crippen LogP) is 3.20. The number of para-hydroxylation sites is 1. The summed E-state index contributed by atoms with van der Waals surface area (Å²) >= 11 is 0. The summed E-state index contributed by atoms with van der Waals surface area (Å²) in [6.07, 6.45) is 0. The molecule has 104 valence electrons. The Labute approximate surface area is 117 Å². The predicted molar refractivity (Wildman–Crippen MR) is 80.1 cm³/mol. The molecule has 0 unspecified atom stereocenters. The van der Waals surface area contributed by atoms with Gasteiger partial charge in [-0.3, -0.25) is 0 Å². The second-order valence-electron chi connectivity index (χ2n) is 4.15. The summed E-state index contributed by atoms with van der Waals surface area (Å²) in [6, 6.07) is 14.3. The van der Waals surface area contributed by atoms with Gasteiger partial charge in [0.25, 0.3) is 0 Å². The number of hydrogen-bond donors (Lipinski definition) is 3. The number of nitrogens with two attached hydrogens (primary N) is 1. The van der Waals surface area contributed by atoms with Crippen molar-refractivity contribution in [3.05, 3.63) is 48.5 Å². The van der Waals surface area contributed by atoms with Crippen LogP contribution in [0.3, 0.4) is 0 Å². The molecular weight excluding hydrogens is 254 g/mol. The molecular formula is C15H17N3O2. The van der Waals surface area contributed by atoms with Gasteiger partial charge in [0.15, 0.2) is 0 Å². The number of rotatable bonds is 4. The lowest BCUT2D eigenvalue weighted by Gasteiger charge is -2.11. The summed E-state index contributed by atoms with van der Waals surface area (Å²) in [5, 5.41) is 5.31. The number of nitrogen functional groups attached to an aromatic ring is 1. The number of amides is 2. The Morgan fingerprint density at radius 2 is 1.90 bits per heavy atom. The first-order chi connectivity index (χ1) is 9.69. The third kappa shape index (κ3) is 3.65. The Hall–Kier alpha value is -2.69. The summed E-state index contributed by atoms with van der Waals surface area (Å²) in [7, 11) is 0. The Bertz CT molecular complexity index is 585. The summed E-state index contributed by atoms with van der Waals surface area (Å²) in [5.74, 6) is 1.35. The number of carbonyl (C=O) groups is 1. The minimum Gasteiger partial charge on any atom is -0.457 e. The van der Waals surface area contributed by atoms with Crippen LogP contribution >= 0.6 is 0 Å². The van der Waals surface area contributed by atoms with E-state index in [1.54, 1.807) is 18.2 Å². The summed E-state index contributed by atoms with van der Waals surface area (Å²) in [4.78, 5) is 11.4. The maximum Gasteiger partial charge on any atom is 0.319 e. The van der Waals surface area contributed by atoms with Crippen molar-refractivity contribution in [2.45, 2.75) is 6.92 Å². The molecule has 0 aliphatic heterocycles. The van der Waals surface area contributed by atoms with Gasteiger partial charge in [0.2, 0.25) is 0 Å². The lowest BCUT2D eigenvalue weighted by Crippen LogP contribution is -2.28. The van der Waals surface area contributed by atoms with Crippen molar-refractivity contribution in [2.24, 2.45) is 0 Å². The van der Waals surface area contributed by atoms with Crippen LogP contribution in [0.2, 0.25) is 0 Å². The summed E-state index contributed by atoms with van der Waals surface area (Å²) < 4.78 is 5.66. The molecule has 20 heavy (non-hydrogen) atoms. The van der Waals surface area contributed by atoms with Crippen LogP contribution in [-0.4, -0.2) is 12.6 Å². The van der Waals surface area contributed by atoms with Crippen LogP contribution in [0.1, 0.15) is 6.92 Å². The molecule has 2 aromatic carbocycles. The van der Waals surface area contributed by atoms with Gasteiger partial charge in [-0.2, -0.15) is 0 Å². The van der Waals surface area contributed by atoms with Crippen LogP contribution in [0.25, 0.3) is 0 Å². The third-order valence-electron chi connectivity index (χ3n) is 2.59. The highest BCUT2D eigenvalue weighted by Gasteiger charge is 2.05. The average molecular weight is 271 g/mol. The number of hydrogen-bond acceptors (Lipinski definition) is 3. The van der Waals surface area contributed by atoms with E-state index < -0.39 is 0 Å². The number of ether oxygens (including phenoxy) is 1. The first-order valence-electron chi connectivity index (χ1n) is 6.36. The molecule has 4 N–H and O–H groups in total. The monoisotopic (exact) mass is 271 g/mol. The van der Waals surface area contributed by atoms with Crippen molar-refractivity contribution < 1.29 is 9.53 Å². The molecule has 0 atom stereocenters. The number of urea groups is 1. The van der Waals surface area contributed by atoms with Gasteiger partial charge in [-0.15, -0.1) is 0 Å². The van der Waals surface area contributed by atoms with Crippen LogP contribution in [-0.2, 0) is 0 Å². The highest BCUT2D eigenvalue weighted by Crippen LogP contribution is 2.27. The van der Waals surface area contributed by atoms with Gasteiger partial charge in [-0.25, -0.2) is 4.79 Å². The van der Waals surface area contributed by atoms with E-state index in [-0.39, 0.29) is 6.03 Å². The minimum absolute atomic E-state index is 0.282. The normalized spacial score (nSPS) is 9.85. The lowest BCUT2D eigenvalue weighted by molar-refractivity contribution is 0.252. The first kappa shape index (κ1) is 13.7. The average Bonchev–Trinajstić information content (AvgIpc) is 2.43. The number of benzene rings is 2. The number of carbonyl (C=O) groups excluding carboxylic acids is 1. The molecule has 0 aliphatic carbocycles. The van der Waals surface area contributed by atoms with Crippen molar-refractivity contribution in [2.75, 3.05) is 17.6 Å².